The molecule has 3 rings (SSSR count). The minimum absolute atomic E-state index is 0.366. The first-order valence-corrected chi connectivity index (χ1v) is 11.1. The molecular formula is C20H20ClFN6S2. The fourth-order valence-corrected chi connectivity index (χ4v) is 4.13. The van der Waals surface area contributed by atoms with Crippen LogP contribution >= 0.6 is 34.9 Å². The summed E-state index contributed by atoms with van der Waals surface area (Å²) in [5, 5.41) is 17.8. The molecule has 0 amide bonds. The number of nitriles is 1. The fraction of sp³-hybridized carbons (Fsp3) is 0.200. The quantitative estimate of drug-likeness (QED) is 0.371. The number of halogens is 2. The van der Waals surface area contributed by atoms with Crippen LogP contribution in [0.3, 0.4) is 0 Å². The third kappa shape index (κ3) is 5.55. The number of thiazole rings is 1. The number of aromatic nitrogens is 1. The molecule has 0 saturated carbocycles. The predicted octanol–water partition coefficient (Wildman–Crippen LogP) is 5.33. The molecule has 0 atom stereocenters. The summed E-state index contributed by atoms with van der Waals surface area (Å²) in [6.45, 7) is 1.51. The second kappa shape index (κ2) is 10.5. The molecule has 1 aromatic heterocycles. The molecule has 2 aromatic carbocycles. The van der Waals surface area contributed by atoms with E-state index < -0.39 is 5.82 Å². The van der Waals surface area contributed by atoms with Gasteiger partial charge in [0.15, 0.2) is 0 Å². The Bertz CT molecular complexity index is 1040. The van der Waals surface area contributed by atoms with Gasteiger partial charge in [0.1, 0.15) is 11.6 Å². The zero-order chi connectivity index (χ0) is 21.5. The van der Waals surface area contributed by atoms with Crippen LogP contribution in [0.2, 0.25) is 5.02 Å². The van der Waals surface area contributed by atoms with E-state index in [9.17, 15) is 9.65 Å². The highest BCUT2D eigenvalue weighted by molar-refractivity contribution is 8.00. The summed E-state index contributed by atoms with van der Waals surface area (Å²) in [7, 11) is 3.81. The number of hydrogen-bond acceptors (Lipinski definition) is 8. The molecule has 0 saturated heterocycles. The minimum atomic E-state index is -0.409. The summed E-state index contributed by atoms with van der Waals surface area (Å²) in [4.78, 5) is 6.49. The van der Waals surface area contributed by atoms with Gasteiger partial charge in [0.05, 0.1) is 44.1 Å². The van der Waals surface area contributed by atoms with Crippen LogP contribution < -0.4 is 20.3 Å². The maximum Gasteiger partial charge on any atom is 0.147 e. The van der Waals surface area contributed by atoms with Crippen LogP contribution in [0.5, 0.6) is 0 Å². The standard InChI is InChI=1S/C20H20ClFN6S2/c1-24-5-6-28(2)18-7-13(10-23)3-4-16(18)26-17-9-15(22)19(8-14(17)21)30-27-20-11-29-12-25-20/h3-4,7-9,11-12,24,26-27H,5-6H2,1-2H3. The van der Waals surface area contributed by atoms with Gasteiger partial charge in [-0.1, -0.05) is 11.6 Å². The van der Waals surface area contributed by atoms with Gasteiger partial charge in [-0.15, -0.1) is 11.3 Å². The van der Waals surface area contributed by atoms with Gasteiger partial charge < -0.3 is 20.3 Å². The minimum Gasteiger partial charge on any atom is -0.372 e. The molecule has 3 aromatic rings. The van der Waals surface area contributed by atoms with Crippen LogP contribution in [0.1, 0.15) is 5.56 Å². The molecule has 0 unspecified atom stereocenters. The normalized spacial score (nSPS) is 10.5. The fourth-order valence-electron chi connectivity index (χ4n) is 2.64. The average molecular weight is 463 g/mol. The molecule has 3 N–H and O–H groups in total. The van der Waals surface area contributed by atoms with Crippen molar-refractivity contribution in [3.8, 4) is 6.07 Å². The van der Waals surface area contributed by atoms with Crippen molar-refractivity contribution in [2.75, 3.05) is 42.1 Å². The van der Waals surface area contributed by atoms with Gasteiger partial charge in [-0.3, -0.25) is 0 Å². The van der Waals surface area contributed by atoms with E-state index in [-0.39, 0.29) is 0 Å². The highest BCUT2D eigenvalue weighted by Gasteiger charge is 2.14. The van der Waals surface area contributed by atoms with Crippen molar-refractivity contribution >= 4 is 57.8 Å². The Kier molecular flexibility index (Phi) is 7.76. The van der Waals surface area contributed by atoms with Crippen molar-refractivity contribution in [2.45, 2.75) is 4.90 Å². The smallest absolute Gasteiger partial charge is 0.147 e. The number of likely N-dealkylation sites (N-methyl/N-ethyl adjacent to an activating group) is 2. The van der Waals surface area contributed by atoms with Gasteiger partial charge in [-0.05, 0) is 43.3 Å². The molecule has 1 heterocycles. The van der Waals surface area contributed by atoms with Crippen molar-refractivity contribution < 1.29 is 4.39 Å². The van der Waals surface area contributed by atoms with E-state index in [4.69, 9.17) is 11.6 Å². The third-order valence-corrected chi connectivity index (χ3v) is 5.97. The maximum atomic E-state index is 14.7. The Hall–Kier alpha value is -2.51. The highest BCUT2D eigenvalue weighted by Crippen LogP contribution is 2.36. The van der Waals surface area contributed by atoms with Crippen LogP contribution in [0.25, 0.3) is 0 Å². The maximum absolute atomic E-state index is 14.7. The first-order valence-electron chi connectivity index (χ1n) is 8.99. The van der Waals surface area contributed by atoms with Crippen molar-refractivity contribution in [1.29, 1.82) is 5.26 Å². The number of benzene rings is 2. The van der Waals surface area contributed by atoms with E-state index in [0.29, 0.717) is 27.0 Å². The summed E-state index contributed by atoms with van der Waals surface area (Å²) in [6.07, 6.45) is 0. The lowest BCUT2D eigenvalue weighted by Crippen LogP contribution is -2.27. The second-order valence-corrected chi connectivity index (χ2v) is 8.31. The van der Waals surface area contributed by atoms with Gasteiger partial charge in [-0.2, -0.15) is 5.26 Å². The molecule has 6 nitrogen and oxygen atoms in total. The van der Waals surface area contributed by atoms with Crippen LogP contribution in [-0.4, -0.2) is 32.2 Å². The molecule has 156 valence electrons. The zero-order valence-electron chi connectivity index (χ0n) is 16.4. The molecule has 0 fully saturated rings. The van der Waals surface area contributed by atoms with Crippen LogP contribution in [0.4, 0.5) is 27.3 Å². The highest BCUT2D eigenvalue weighted by atomic mass is 35.5. The first kappa shape index (κ1) is 22.2. The summed E-state index contributed by atoms with van der Waals surface area (Å²) in [5.74, 6) is 0.253. The van der Waals surface area contributed by atoms with Gasteiger partial charge >= 0.3 is 0 Å². The van der Waals surface area contributed by atoms with Gasteiger partial charge in [-0.25, -0.2) is 9.37 Å². The number of anilines is 4. The molecule has 0 aliphatic carbocycles. The predicted molar refractivity (Wildman–Crippen MR) is 125 cm³/mol. The first-order chi connectivity index (χ1) is 14.5. The Morgan fingerprint density at radius 1 is 1.30 bits per heavy atom. The van der Waals surface area contributed by atoms with Crippen LogP contribution in [0.15, 0.2) is 46.1 Å². The summed E-state index contributed by atoms with van der Waals surface area (Å²) in [5.41, 5.74) is 4.24. The molecule has 10 heteroatoms. The zero-order valence-corrected chi connectivity index (χ0v) is 18.8. The third-order valence-electron chi connectivity index (χ3n) is 4.22. The average Bonchev–Trinajstić information content (AvgIpc) is 3.27. The van der Waals surface area contributed by atoms with E-state index in [1.54, 1.807) is 29.8 Å². The Balaban J connectivity index is 1.83. The van der Waals surface area contributed by atoms with E-state index in [1.165, 1.54) is 17.4 Å². The Morgan fingerprint density at radius 2 is 2.13 bits per heavy atom. The number of nitrogens with one attached hydrogen (secondary N) is 3. The largest absolute Gasteiger partial charge is 0.372 e. The van der Waals surface area contributed by atoms with Crippen molar-refractivity contribution in [3.05, 3.63) is 57.6 Å². The van der Waals surface area contributed by atoms with Gasteiger partial charge in [0.25, 0.3) is 0 Å². The van der Waals surface area contributed by atoms with Crippen molar-refractivity contribution in [2.24, 2.45) is 0 Å². The van der Waals surface area contributed by atoms with Crippen LogP contribution in [-0.2, 0) is 0 Å². The number of hydrogen-bond donors (Lipinski definition) is 3. The van der Waals surface area contributed by atoms with E-state index in [1.807, 2.05) is 24.4 Å². The molecule has 0 spiro atoms. The van der Waals surface area contributed by atoms with E-state index in [2.05, 4.69) is 26.4 Å². The SMILES string of the molecule is CNCCN(C)c1cc(C#N)ccc1Nc1cc(F)c(SNc2cscn2)cc1Cl. The topological polar surface area (TPSA) is 76.0 Å². The van der Waals surface area contributed by atoms with Gasteiger partial charge in [0, 0.05) is 31.6 Å². The number of rotatable bonds is 9. The van der Waals surface area contributed by atoms with Crippen molar-refractivity contribution in [1.82, 2.24) is 10.3 Å². The molecule has 0 radical (unpaired) electrons. The van der Waals surface area contributed by atoms with Gasteiger partial charge in [0.2, 0.25) is 0 Å². The monoisotopic (exact) mass is 462 g/mol. The lowest BCUT2D eigenvalue weighted by Gasteiger charge is -2.23. The summed E-state index contributed by atoms with van der Waals surface area (Å²) >= 11 is 8.99. The Labute approximate surface area is 188 Å². The van der Waals surface area contributed by atoms with E-state index >= 15 is 0 Å². The summed E-state index contributed by atoms with van der Waals surface area (Å²) in [6, 6.07) is 10.4. The van der Waals surface area contributed by atoms with Crippen LogP contribution in [0, 0.1) is 17.1 Å². The lowest BCUT2D eigenvalue weighted by molar-refractivity contribution is 0.603. The molecule has 0 aliphatic heterocycles. The molecule has 30 heavy (non-hydrogen) atoms. The molecule has 0 aliphatic rings. The van der Waals surface area contributed by atoms with Crippen molar-refractivity contribution in [3.63, 3.8) is 0 Å². The number of nitrogens with zero attached hydrogens (tertiary/aromatic N) is 3. The second-order valence-electron chi connectivity index (χ2n) is 6.33. The summed E-state index contributed by atoms with van der Waals surface area (Å²) < 4.78 is 17.7. The molecule has 0 bridgehead atoms. The Morgan fingerprint density at radius 3 is 2.83 bits per heavy atom. The lowest BCUT2D eigenvalue weighted by atomic mass is 10.1. The van der Waals surface area contributed by atoms with E-state index in [0.717, 1.165) is 36.4 Å². The molecular weight excluding hydrogens is 443 g/mol.